The number of hydrogen-bond donors (Lipinski definition) is 0. The topological polar surface area (TPSA) is 20.3 Å². The molecule has 98 valence electrons. The zero-order valence-electron chi connectivity index (χ0n) is 10.4. The van der Waals surface area contributed by atoms with Crippen molar-refractivity contribution in [3.05, 3.63) is 35.6 Å². The Morgan fingerprint density at radius 2 is 2.11 bits per heavy atom. The van der Waals surface area contributed by atoms with Gasteiger partial charge in [0.2, 0.25) is 5.91 Å². The van der Waals surface area contributed by atoms with Gasteiger partial charge in [-0.05, 0) is 30.0 Å². The summed E-state index contributed by atoms with van der Waals surface area (Å²) in [4.78, 5) is 13.9. The fourth-order valence-corrected chi connectivity index (χ4v) is 2.43. The van der Waals surface area contributed by atoms with Crippen molar-refractivity contribution in [2.24, 2.45) is 5.92 Å². The van der Waals surface area contributed by atoms with Crippen LogP contribution in [0.15, 0.2) is 24.3 Å². The smallest absolute Gasteiger partial charge is 0.227 e. The maximum atomic E-state index is 12.8. The molecule has 4 heteroatoms. The maximum absolute atomic E-state index is 12.8. The summed E-state index contributed by atoms with van der Waals surface area (Å²) in [6, 6.07) is 6.06. The summed E-state index contributed by atoms with van der Waals surface area (Å²) in [7, 11) is 0. The third kappa shape index (κ3) is 3.22. The van der Waals surface area contributed by atoms with Crippen LogP contribution >= 0.6 is 11.6 Å². The van der Waals surface area contributed by atoms with Crippen LogP contribution in [0.5, 0.6) is 0 Å². The summed E-state index contributed by atoms with van der Waals surface area (Å²) >= 11 is 6.19. The molecule has 1 saturated heterocycles. The van der Waals surface area contributed by atoms with E-state index in [4.69, 9.17) is 11.6 Å². The van der Waals surface area contributed by atoms with E-state index in [1.807, 2.05) is 0 Å². The van der Waals surface area contributed by atoms with E-state index in [0.717, 1.165) is 18.5 Å². The second-order valence-corrected chi connectivity index (χ2v) is 5.49. The number of hydrogen-bond acceptors (Lipinski definition) is 1. The van der Waals surface area contributed by atoms with Crippen molar-refractivity contribution in [1.29, 1.82) is 0 Å². The number of amides is 1. The Kier molecular flexibility index (Phi) is 4.23. The molecule has 1 fully saturated rings. The number of piperidine rings is 1. The van der Waals surface area contributed by atoms with Crippen LogP contribution in [0.4, 0.5) is 4.39 Å². The number of benzene rings is 1. The van der Waals surface area contributed by atoms with E-state index < -0.39 is 0 Å². The highest BCUT2D eigenvalue weighted by Crippen LogP contribution is 2.22. The molecule has 1 amide bonds. The zero-order chi connectivity index (χ0) is 13.1. The normalized spacial score (nSPS) is 24.1. The van der Waals surface area contributed by atoms with E-state index in [-0.39, 0.29) is 17.1 Å². The number of halogens is 2. The summed E-state index contributed by atoms with van der Waals surface area (Å²) < 4.78 is 12.8. The van der Waals surface area contributed by atoms with Gasteiger partial charge in [0.1, 0.15) is 5.82 Å². The lowest BCUT2D eigenvalue weighted by molar-refractivity contribution is -0.131. The molecule has 1 heterocycles. The molecule has 1 aliphatic rings. The monoisotopic (exact) mass is 269 g/mol. The van der Waals surface area contributed by atoms with Gasteiger partial charge in [-0.15, -0.1) is 11.6 Å². The van der Waals surface area contributed by atoms with Gasteiger partial charge in [0, 0.05) is 13.1 Å². The molecule has 2 unspecified atom stereocenters. The number of carbonyl (C=O) groups excluding carboxylic acids is 1. The molecule has 0 saturated carbocycles. The first-order valence-corrected chi connectivity index (χ1v) is 6.66. The van der Waals surface area contributed by atoms with Crippen molar-refractivity contribution in [2.45, 2.75) is 25.1 Å². The van der Waals surface area contributed by atoms with Crippen molar-refractivity contribution in [3.8, 4) is 0 Å². The molecule has 0 bridgehead atoms. The Hall–Kier alpha value is -1.09. The Bertz CT molecular complexity index is 420. The Morgan fingerprint density at radius 1 is 1.44 bits per heavy atom. The van der Waals surface area contributed by atoms with E-state index in [1.54, 1.807) is 17.0 Å². The molecule has 0 aromatic heterocycles. The number of nitrogens with zero attached hydrogens (tertiary/aromatic N) is 1. The van der Waals surface area contributed by atoms with E-state index >= 15 is 0 Å². The van der Waals surface area contributed by atoms with Gasteiger partial charge < -0.3 is 4.90 Å². The van der Waals surface area contributed by atoms with Crippen LogP contribution < -0.4 is 0 Å². The molecule has 0 N–H and O–H groups in total. The lowest BCUT2D eigenvalue weighted by atomic mass is 9.98. The van der Waals surface area contributed by atoms with Gasteiger partial charge in [-0.25, -0.2) is 4.39 Å². The van der Waals surface area contributed by atoms with Crippen LogP contribution in [-0.2, 0) is 11.2 Å². The highest BCUT2D eigenvalue weighted by molar-refractivity contribution is 6.21. The predicted octanol–water partition coefficient (Wildman–Crippen LogP) is 2.84. The predicted molar refractivity (Wildman–Crippen MR) is 70.1 cm³/mol. The molecule has 0 spiro atoms. The molecule has 1 aromatic rings. The summed E-state index contributed by atoms with van der Waals surface area (Å²) in [5.41, 5.74) is 0.839. The molecule has 1 aromatic carbocycles. The summed E-state index contributed by atoms with van der Waals surface area (Å²) in [6.07, 6.45) is 1.27. The summed E-state index contributed by atoms with van der Waals surface area (Å²) in [6.45, 7) is 3.49. The molecule has 1 aliphatic heterocycles. The van der Waals surface area contributed by atoms with Crippen molar-refractivity contribution in [3.63, 3.8) is 0 Å². The fraction of sp³-hybridized carbons (Fsp3) is 0.500. The number of carbonyl (C=O) groups is 1. The van der Waals surface area contributed by atoms with E-state index in [1.165, 1.54) is 12.1 Å². The van der Waals surface area contributed by atoms with Crippen molar-refractivity contribution >= 4 is 17.5 Å². The van der Waals surface area contributed by atoms with Gasteiger partial charge >= 0.3 is 0 Å². The van der Waals surface area contributed by atoms with Crippen LogP contribution in [-0.4, -0.2) is 29.3 Å². The van der Waals surface area contributed by atoms with Crippen molar-refractivity contribution < 1.29 is 9.18 Å². The molecule has 18 heavy (non-hydrogen) atoms. The largest absolute Gasteiger partial charge is 0.341 e. The number of rotatable bonds is 2. The number of likely N-dealkylation sites (tertiary alicyclic amines) is 1. The van der Waals surface area contributed by atoms with E-state index in [0.29, 0.717) is 18.9 Å². The molecule has 2 nitrogen and oxygen atoms in total. The third-order valence-corrected chi connectivity index (χ3v) is 4.06. The highest BCUT2D eigenvalue weighted by Gasteiger charge is 2.27. The van der Waals surface area contributed by atoms with E-state index in [2.05, 4.69) is 6.92 Å². The Labute approximate surface area is 112 Å². The Morgan fingerprint density at radius 3 is 2.72 bits per heavy atom. The minimum atomic E-state index is -0.279. The number of alkyl halides is 1. The lowest BCUT2D eigenvalue weighted by Gasteiger charge is -2.34. The summed E-state index contributed by atoms with van der Waals surface area (Å²) in [5.74, 6) is 0.250. The lowest BCUT2D eigenvalue weighted by Crippen LogP contribution is -2.44. The van der Waals surface area contributed by atoms with Gasteiger partial charge in [-0.2, -0.15) is 0 Å². The summed E-state index contributed by atoms with van der Waals surface area (Å²) in [5, 5.41) is 0.0379. The van der Waals surface area contributed by atoms with Crippen LogP contribution in [0.25, 0.3) is 0 Å². The standard InChI is InChI=1S/C14H17ClFNO/c1-10-6-7-17(9-13(10)15)14(18)8-11-2-4-12(16)5-3-11/h2-5,10,13H,6-9H2,1H3. The first-order chi connectivity index (χ1) is 8.56. The average Bonchev–Trinajstić information content (AvgIpc) is 2.35. The molecular formula is C14H17ClFNO. The quantitative estimate of drug-likeness (QED) is 0.756. The minimum Gasteiger partial charge on any atom is -0.341 e. The molecule has 2 rings (SSSR count). The SMILES string of the molecule is CC1CCN(C(=O)Cc2ccc(F)cc2)CC1Cl. The fourth-order valence-electron chi connectivity index (χ4n) is 2.14. The van der Waals surface area contributed by atoms with Crippen LogP contribution in [0.2, 0.25) is 0 Å². The third-order valence-electron chi connectivity index (χ3n) is 3.49. The van der Waals surface area contributed by atoms with Crippen LogP contribution in [0.1, 0.15) is 18.9 Å². The van der Waals surface area contributed by atoms with Crippen LogP contribution in [0, 0.1) is 11.7 Å². The van der Waals surface area contributed by atoms with Gasteiger partial charge in [0.25, 0.3) is 0 Å². The van der Waals surface area contributed by atoms with Gasteiger partial charge in [0.15, 0.2) is 0 Å². The van der Waals surface area contributed by atoms with Crippen molar-refractivity contribution in [1.82, 2.24) is 4.90 Å². The maximum Gasteiger partial charge on any atom is 0.227 e. The highest BCUT2D eigenvalue weighted by atomic mass is 35.5. The van der Waals surface area contributed by atoms with E-state index in [9.17, 15) is 9.18 Å². The first-order valence-electron chi connectivity index (χ1n) is 6.22. The van der Waals surface area contributed by atoms with Crippen LogP contribution in [0.3, 0.4) is 0 Å². The molecular weight excluding hydrogens is 253 g/mol. The minimum absolute atomic E-state index is 0.0379. The second kappa shape index (κ2) is 5.70. The zero-order valence-corrected chi connectivity index (χ0v) is 11.2. The molecule has 2 atom stereocenters. The second-order valence-electron chi connectivity index (χ2n) is 4.92. The molecule has 0 aliphatic carbocycles. The van der Waals surface area contributed by atoms with Gasteiger partial charge in [-0.3, -0.25) is 4.79 Å². The van der Waals surface area contributed by atoms with Gasteiger partial charge in [-0.1, -0.05) is 19.1 Å². The van der Waals surface area contributed by atoms with Crippen molar-refractivity contribution in [2.75, 3.05) is 13.1 Å². The Balaban J connectivity index is 1.94. The average molecular weight is 270 g/mol. The van der Waals surface area contributed by atoms with Gasteiger partial charge in [0.05, 0.1) is 11.8 Å². The first kappa shape index (κ1) is 13.3. The molecule has 0 radical (unpaired) electrons.